The molecule has 2 aromatic rings. The van der Waals surface area contributed by atoms with E-state index in [9.17, 15) is 0 Å². The Kier molecular flexibility index (Phi) is 5.86. The standard InChI is InChI=1S/C20H27N/c1-4-5-6-7-18-8-10-20(11-9-18)21-15-19-13-16(2)12-17(3)14-19/h8-14,21H,4-7,15H2,1-3H3. The third kappa shape index (κ3) is 5.26. The number of benzene rings is 2. The lowest BCUT2D eigenvalue weighted by atomic mass is 10.1. The van der Waals surface area contributed by atoms with Crippen LogP contribution in [0.2, 0.25) is 0 Å². The quantitative estimate of drug-likeness (QED) is 0.647. The largest absolute Gasteiger partial charge is 0.381 e. The number of rotatable bonds is 7. The highest BCUT2D eigenvalue weighted by Gasteiger charge is 1.98. The second-order valence-corrected chi connectivity index (χ2v) is 6.00. The molecule has 0 spiro atoms. The highest BCUT2D eigenvalue weighted by molar-refractivity contribution is 5.45. The summed E-state index contributed by atoms with van der Waals surface area (Å²) in [7, 11) is 0. The third-order valence-electron chi connectivity index (χ3n) is 3.80. The molecule has 1 nitrogen and oxygen atoms in total. The Morgan fingerprint density at radius 2 is 1.48 bits per heavy atom. The summed E-state index contributed by atoms with van der Waals surface area (Å²) in [5.41, 5.74) is 6.66. The minimum absolute atomic E-state index is 0.887. The maximum Gasteiger partial charge on any atom is 0.0400 e. The van der Waals surface area contributed by atoms with E-state index in [4.69, 9.17) is 0 Å². The van der Waals surface area contributed by atoms with E-state index in [0.29, 0.717) is 0 Å². The van der Waals surface area contributed by atoms with Crippen molar-refractivity contribution in [3.05, 3.63) is 64.7 Å². The fourth-order valence-corrected chi connectivity index (χ4v) is 2.74. The number of nitrogens with one attached hydrogen (secondary N) is 1. The number of hydrogen-bond acceptors (Lipinski definition) is 1. The van der Waals surface area contributed by atoms with Crippen molar-refractivity contribution in [1.82, 2.24) is 0 Å². The highest BCUT2D eigenvalue weighted by atomic mass is 14.9. The minimum atomic E-state index is 0.887. The van der Waals surface area contributed by atoms with Crippen molar-refractivity contribution in [3.63, 3.8) is 0 Å². The van der Waals surface area contributed by atoms with Crippen LogP contribution in [0.1, 0.15) is 48.4 Å². The molecule has 0 atom stereocenters. The van der Waals surface area contributed by atoms with E-state index in [-0.39, 0.29) is 0 Å². The van der Waals surface area contributed by atoms with E-state index in [1.807, 2.05) is 0 Å². The lowest BCUT2D eigenvalue weighted by Crippen LogP contribution is -2.00. The molecule has 0 aliphatic carbocycles. The van der Waals surface area contributed by atoms with Gasteiger partial charge in [0.15, 0.2) is 0 Å². The molecule has 0 bridgehead atoms. The average Bonchev–Trinajstić information content (AvgIpc) is 2.46. The maximum atomic E-state index is 3.51. The van der Waals surface area contributed by atoms with Gasteiger partial charge in [0.25, 0.3) is 0 Å². The number of aryl methyl sites for hydroxylation is 3. The Balaban J connectivity index is 1.88. The van der Waals surface area contributed by atoms with E-state index in [1.54, 1.807) is 0 Å². The predicted octanol–water partition coefficient (Wildman–Crippen LogP) is 5.65. The third-order valence-corrected chi connectivity index (χ3v) is 3.80. The normalized spacial score (nSPS) is 10.6. The van der Waals surface area contributed by atoms with Crippen LogP contribution in [0.5, 0.6) is 0 Å². The Labute approximate surface area is 129 Å². The van der Waals surface area contributed by atoms with Crippen molar-refractivity contribution in [3.8, 4) is 0 Å². The smallest absolute Gasteiger partial charge is 0.0400 e. The summed E-state index contributed by atoms with van der Waals surface area (Å²) in [6, 6.07) is 15.6. The molecule has 0 aliphatic rings. The van der Waals surface area contributed by atoms with Crippen LogP contribution < -0.4 is 5.32 Å². The van der Waals surface area contributed by atoms with Crippen molar-refractivity contribution < 1.29 is 0 Å². The molecule has 1 N–H and O–H groups in total. The molecule has 2 aromatic carbocycles. The number of anilines is 1. The topological polar surface area (TPSA) is 12.0 Å². The Hall–Kier alpha value is -1.76. The van der Waals surface area contributed by atoms with Gasteiger partial charge in [-0.3, -0.25) is 0 Å². The predicted molar refractivity (Wildman–Crippen MR) is 92.9 cm³/mol. The van der Waals surface area contributed by atoms with Crippen LogP contribution in [-0.4, -0.2) is 0 Å². The van der Waals surface area contributed by atoms with Gasteiger partial charge in [-0.05, 0) is 49.9 Å². The SMILES string of the molecule is CCCCCc1ccc(NCc2cc(C)cc(C)c2)cc1. The van der Waals surface area contributed by atoms with Crippen molar-refractivity contribution in [2.45, 2.75) is 53.0 Å². The lowest BCUT2D eigenvalue weighted by molar-refractivity contribution is 0.717. The summed E-state index contributed by atoms with van der Waals surface area (Å²) >= 11 is 0. The van der Waals surface area contributed by atoms with Crippen molar-refractivity contribution in [2.75, 3.05) is 5.32 Å². The van der Waals surface area contributed by atoms with Gasteiger partial charge in [-0.15, -0.1) is 0 Å². The zero-order valence-corrected chi connectivity index (χ0v) is 13.6. The molecular formula is C20H27N. The summed E-state index contributed by atoms with van der Waals surface area (Å²) in [6.07, 6.45) is 5.11. The maximum absolute atomic E-state index is 3.51. The molecule has 0 radical (unpaired) electrons. The molecule has 0 unspecified atom stereocenters. The summed E-state index contributed by atoms with van der Waals surface area (Å²) in [5.74, 6) is 0. The zero-order chi connectivity index (χ0) is 15.1. The molecule has 0 fully saturated rings. The highest BCUT2D eigenvalue weighted by Crippen LogP contribution is 2.15. The molecule has 2 rings (SSSR count). The van der Waals surface area contributed by atoms with Crippen LogP contribution in [0.25, 0.3) is 0 Å². The number of hydrogen-bond donors (Lipinski definition) is 1. The Bertz CT molecular complexity index is 534. The van der Waals surface area contributed by atoms with Gasteiger partial charge in [-0.1, -0.05) is 61.2 Å². The summed E-state index contributed by atoms with van der Waals surface area (Å²) in [6.45, 7) is 7.45. The van der Waals surface area contributed by atoms with Crippen LogP contribution in [0.4, 0.5) is 5.69 Å². The molecule has 0 heterocycles. The van der Waals surface area contributed by atoms with Gasteiger partial charge in [0, 0.05) is 12.2 Å². The molecule has 1 heteroatoms. The Morgan fingerprint density at radius 1 is 0.810 bits per heavy atom. The first-order valence-corrected chi connectivity index (χ1v) is 8.07. The van der Waals surface area contributed by atoms with Crippen LogP contribution in [0.15, 0.2) is 42.5 Å². The molecule has 0 saturated carbocycles. The molecule has 21 heavy (non-hydrogen) atoms. The van der Waals surface area contributed by atoms with Gasteiger partial charge < -0.3 is 5.32 Å². The van der Waals surface area contributed by atoms with Crippen LogP contribution in [0, 0.1) is 13.8 Å². The molecule has 112 valence electrons. The molecule has 0 aliphatic heterocycles. The first kappa shape index (κ1) is 15.6. The fourth-order valence-electron chi connectivity index (χ4n) is 2.74. The van der Waals surface area contributed by atoms with Gasteiger partial charge in [0.1, 0.15) is 0 Å². The summed E-state index contributed by atoms with van der Waals surface area (Å²) in [5, 5.41) is 3.51. The van der Waals surface area contributed by atoms with Crippen LogP contribution in [-0.2, 0) is 13.0 Å². The fraction of sp³-hybridized carbons (Fsp3) is 0.400. The van der Waals surface area contributed by atoms with E-state index >= 15 is 0 Å². The number of unbranched alkanes of at least 4 members (excludes halogenated alkanes) is 2. The van der Waals surface area contributed by atoms with E-state index in [0.717, 1.165) is 6.54 Å². The van der Waals surface area contributed by atoms with Crippen LogP contribution >= 0.6 is 0 Å². The Morgan fingerprint density at radius 3 is 2.10 bits per heavy atom. The van der Waals surface area contributed by atoms with Gasteiger partial charge in [-0.25, -0.2) is 0 Å². The molecular weight excluding hydrogens is 254 g/mol. The lowest BCUT2D eigenvalue weighted by Gasteiger charge is -2.09. The monoisotopic (exact) mass is 281 g/mol. The van der Waals surface area contributed by atoms with E-state index in [1.165, 1.54) is 53.6 Å². The first-order chi connectivity index (χ1) is 10.2. The van der Waals surface area contributed by atoms with Gasteiger partial charge >= 0.3 is 0 Å². The van der Waals surface area contributed by atoms with E-state index < -0.39 is 0 Å². The van der Waals surface area contributed by atoms with E-state index in [2.05, 4.69) is 68.6 Å². The van der Waals surface area contributed by atoms with Crippen molar-refractivity contribution in [1.29, 1.82) is 0 Å². The first-order valence-electron chi connectivity index (χ1n) is 8.07. The summed E-state index contributed by atoms with van der Waals surface area (Å²) < 4.78 is 0. The second-order valence-electron chi connectivity index (χ2n) is 6.00. The minimum Gasteiger partial charge on any atom is -0.381 e. The summed E-state index contributed by atoms with van der Waals surface area (Å²) in [4.78, 5) is 0. The van der Waals surface area contributed by atoms with Gasteiger partial charge in [0.2, 0.25) is 0 Å². The van der Waals surface area contributed by atoms with Crippen molar-refractivity contribution in [2.24, 2.45) is 0 Å². The van der Waals surface area contributed by atoms with Gasteiger partial charge in [0.05, 0.1) is 0 Å². The second kappa shape index (κ2) is 7.87. The van der Waals surface area contributed by atoms with Gasteiger partial charge in [-0.2, -0.15) is 0 Å². The van der Waals surface area contributed by atoms with Crippen LogP contribution in [0.3, 0.4) is 0 Å². The molecule has 0 saturated heterocycles. The molecule has 0 amide bonds. The average molecular weight is 281 g/mol. The molecule has 0 aromatic heterocycles. The van der Waals surface area contributed by atoms with Crippen molar-refractivity contribution >= 4 is 5.69 Å². The zero-order valence-electron chi connectivity index (χ0n) is 13.6.